The molecule has 2 N–H and O–H groups in total. The van der Waals surface area contributed by atoms with Crippen LogP contribution in [0.2, 0.25) is 0 Å². The molecule has 0 aromatic carbocycles. The molecule has 0 saturated carbocycles. The minimum Gasteiger partial charge on any atom is -0.428 e. The van der Waals surface area contributed by atoms with Gasteiger partial charge in [-0.05, 0) is 11.8 Å². The van der Waals surface area contributed by atoms with Crippen LogP contribution in [-0.4, -0.2) is 29.9 Å². The average Bonchev–Trinajstić information content (AvgIpc) is 2.17. The molecule has 0 bridgehead atoms. The van der Waals surface area contributed by atoms with E-state index >= 15 is 0 Å². The van der Waals surface area contributed by atoms with E-state index in [1.54, 1.807) is 13.8 Å². The molecule has 0 radical (unpaired) electrons. The lowest BCUT2D eigenvalue weighted by Gasteiger charge is -2.09. The highest BCUT2D eigenvalue weighted by Gasteiger charge is 2.12. The van der Waals surface area contributed by atoms with E-state index in [1.165, 1.54) is 0 Å². The number of carbonyl (C=O) groups is 2. The molecular weight excluding hydrogens is 218 g/mol. The summed E-state index contributed by atoms with van der Waals surface area (Å²) in [6.07, 6.45) is 0. The standard InChI is InChI=1S/C9H17NO4S/c1-6(2)8(11)13-5-14-9(12)15-7(3)4-10/h6-7H,4-5,10H2,1-3H3. The van der Waals surface area contributed by atoms with E-state index in [4.69, 9.17) is 5.73 Å². The number of carbonyl (C=O) groups excluding carboxylic acids is 2. The lowest BCUT2D eigenvalue weighted by Crippen LogP contribution is -2.18. The molecule has 0 aliphatic rings. The van der Waals surface area contributed by atoms with E-state index < -0.39 is 5.30 Å². The van der Waals surface area contributed by atoms with Crippen LogP contribution in [0.3, 0.4) is 0 Å². The van der Waals surface area contributed by atoms with Crippen molar-refractivity contribution in [1.29, 1.82) is 0 Å². The third-order valence-electron chi connectivity index (χ3n) is 1.48. The number of rotatable bonds is 5. The molecule has 1 atom stereocenters. The van der Waals surface area contributed by atoms with Crippen LogP contribution in [-0.2, 0) is 14.3 Å². The fraction of sp³-hybridized carbons (Fsp3) is 0.778. The van der Waals surface area contributed by atoms with Crippen LogP contribution in [0.1, 0.15) is 20.8 Å². The van der Waals surface area contributed by atoms with Gasteiger partial charge in [-0.3, -0.25) is 4.79 Å². The zero-order chi connectivity index (χ0) is 11.8. The van der Waals surface area contributed by atoms with Crippen LogP contribution in [0.4, 0.5) is 4.79 Å². The molecule has 0 saturated heterocycles. The first-order chi connectivity index (χ1) is 6.97. The van der Waals surface area contributed by atoms with Gasteiger partial charge in [-0.2, -0.15) is 0 Å². The first kappa shape index (κ1) is 14.2. The summed E-state index contributed by atoms with van der Waals surface area (Å²) < 4.78 is 9.32. The molecule has 0 aromatic rings. The molecular formula is C9H17NO4S. The van der Waals surface area contributed by atoms with Gasteiger partial charge in [0.2, 0.25) is 6.79 Å². The van der Waals surface area contributed by atoms with Crippen molar-refractivity contribution in [2.45, 2.75) is 26.0 Å². The molecule has 0 aromatic heterocycles. The highest BCUT2D eigenvalue weighted by Crippen LogP contribution is 2.12. The first-order valence-corrected chi connectivity index (χ1v) is 5.55. The second kappa shape index (κ2) is 7.53. The summed E-state index contributed by atoms with van der Waals surface area (Å²) in [5.74, 6) is -0.612. The van der Waals surface area contributed by atoms with Crippen molar-refractivity contribution in [2.75, 3.05) is 13.3 Å². The van der Waals surface area contributed by atoms with Gasteiger partial charge in [-0.1, -0.05) is 20.8 Å². The lowest BCUT2D eigenvalue weighted by atomic mass is 10.2. The number of ether oxygens (including phenoxy) is 2. The predicted molar refractivity (Wildman–Crippen MR) is 58.4 cm³/mol. The maximum atomic E-state index is 11.1. The quantitative estimate of drug-likeness (QED) is 0.572. The minimum absolute atomic E-state index is 0.00157. The second-order valence-corrected chi connectivity index (χ2v) is 4.67. The van der Waals surface area contributed by atoms with Gasteiger partial charge in [0.25, 0.3) is 0 Å². The Kier molecular flexibility index (Phi) is 7.15. The maximum absolute atomic E-state index is 11.1. The number of nitrogens with two attached hydrogens (primary N) is 1. The summed E-state index contributed by atoms with van der Waals surface area (Å²) in [5, 5.41) is -0.484. The van der Waals surface area contributed by atoms with Gasteiger partial charge in [0.15, 0.2) is 0 Å². The molecule has 0 heterocycles. The summed E-state index contributed by atoms with van der Waals surface area (Å²) in [7, 11) is 0. The topological polar surface area (TPSA) is 78.6 Å². The Morgan fingerprint density at radius 3 is 2.33 bits per heavy atom. The van der Waals surface area contributed by atoms with Crippen molar-refractivity contribution in [1.82, 2.24) is 0 Å². The van der Waals surface area contributed by atoms with Crippen LogP contribution in [0.5, 0.6) is 0 Å². The summed E-state index contributed by atoms with van der Waals surface area (Å²) in [6, 6.07) is 0. The van der Waals surface area contributed by atoms with E-state index in [2.05, 4.69) is 9.47 Å². The van der Waals surface area contributed by atoms with E-state index in [9.17, 15) is 9.59 Å². The minimum atomic E-state index is -0.482. The molecule has 1 unspecified atom stereocenters. The third-order valence-corrected chi connectivity index (χ3v) is 2.38. The summed E-state index contributed by atoms with van der Waals surface area (Å²) >= 11 is 0.982. The van der Waals surface area contributed by atoms with E-state index in [-0.39, 0.29) is 23.9 Å². The van der Waals surface area contributed by atoms with Crippen LogP contribution in [0.25, 0.3) is 0 Å². The van der Waals surface area contributed by atoms with Crippen LogP contribution < -0.4 is 5.73 Å². The molecule has 0 aliphatic heterocycles. The third kappa shape index (κ3) is 7.21. The second-order valence-electron chi connectivity index (χ2n) is 3.29. The Morgan fingerprint density at radius 2 is 1.87 bits per heavy atom. The Morgan fingerprint density at radius 1 is 1.27 bits per heavy atom. The van der Waals surface area contributed by atoms with Crippen LogP contribution >= 0.6 is 11.8 Å². The highest BCUT2D eigenvalue weighted by molar-refractivity contribution is 8.13. The fourth-order valence-corrected chi connectivity index (χ4v) is 1.09. The smallest absolute Gasteiger partial charge is 0.370 e. The van der Waals surface area contributed by atoms with Gasteiger partial charge in [-0.15, -0.1) is 0 Å². The summed E-state index contributed by atoms with van der Waals surface area (Å²) in [6.45, 7) is 5.28. The molecule has 6 heteroatoms. The lowest BCUT2D eigenvalue weighted by molar-refractivity contribution is -0.155. The van der Waals surface area contributed by atoms with Crippen LogP contribution in [0, 0.1) is 5.92 Å². The molecule has 0 rings (SSSR count). The largest absolute Gasteiger partial charge is 0.428 e. The molecule has 0 fully saturated rings. The average molecular weight is 235 g/mol. The number of hydrogen-bond donors (Lipinski definition) is 1. The molecule has 15 heavy (non-hydrogen) atoms. The number of hydrogen-bond acceptors (Lipinski definition) is 6. The Bertz CT molecular complexity index is 220. The first-order valence-electron chi connectivity index (χ1n) is 4.67. The van der Waals surface area contributed by atoms with Crippen molar-refractivity contribution in [2.24, 2.45) is 11.7 Å². The van der Waals surface area contributed by atoms with Gasteiger partial charge in [0, 0.05) is 11.8 Å². The Hall–Kier alpha value is -0.750. The maximum Gasteiger partial charge on any atom is 0.370 e. The van der Waals surface area contributed by atoms with E-state index in [1.807, 2.05) is 6.92 Å². The van der Waals surface area contributed by atoms with Crippen molar-refractivity contribution in [3.8, 4) is 0 Å². The zero-order valence-corrected chi connectivity index (χ0v) is 10.0. The summed E-state index contributed by atoms with van der Waals surface area (Å²) in [5.41, 5.74) is 5.32. The van der Waals surface area contributed by atoms with E-state index in [0.29, 0.717) is 6.54 Å². The van der Waals surface area contributed by atoms with E-state index in [0.717, 1.165) is 11.8 Å². The highest BCUT2D eigenvalue weighted by atomic mass is 32.2. The summed E-state index contributed by atoms with van der Waals surface area (Å²) in [4.78, 5) is 22.0. The fourth-order valence-electron chi connectivity index (χ4n) is 0.549. The molecule has 88 valence electrons. The van der Waals surface area contributed by atoms with Gasteiger partial charge in [-0.25, -0.2) is 4.79 Å². The van der Waals surface area contributed by atoms with Gasteiger partial charge in [0.05, 0.1) is 5.92 Å². The van der Waals surface area contributed by atoms with Crippen molar-refractivity contribution in [3.05, 3.63) is 0 Å². The van der Waals surface area contributed by atoms with Gasteiger partial charge in [0.1, 0.15) is 0 Å². The number of esters is 1. The molecule has 5 nitrogen and oxygen atoms in total. The Labute approximate surface area is 93.7 Å². The molecule has 0 amide bonds. The monoisotopic (exact) mass is 235 g/mol. The van der Waals surface area contributed by atoms with Crippen molar-refractivity contribution in [3.63, 3.8) is 0 Å². The number of thioether (sulfide) groups is 1. The zero-order valence-electron chi connectivity index (χ0n) is 9.19. The van der Waals surface area contributed by atoms with Crippen molar-refractivity contribution < 1.29 is 19.1 Å². The normalized spacial score (nSPS) is 12.3. The van der Waals surface area contributed by atoms with Crippen molar-refractivity contribution >= 4 is 23.0 Å². The SMILES string of the molecule is CC(CN)SC(=O)OCOC(=O)C(C)C. The van der Waals surface area contributed by atoms with Crippen LogP contribution in [0.15, 0.2) is 0 Å². The van der Waals surface area contributed by atoms with Gasteiger partial charge < -0.3 is 15.2 Å². The molecule has 0 spiro atoms. The molecule has 0 aliphatic carbocycles. The Balaban J connectivity index is 3.60. The predicted octanol–water partition coefficient (Wildman–Crippen LogP) is 1.36. The van der Waals surface area contributed by atoms with Gasteiger partial charge >= 0.3 is 11.3 Å².